The first-order valence-corrected chi connectivity index (χ1v) is 9.84. The zero-order valence-corrected chi connectivity index (χ0v) is 14.2. The van der Waals surface area contributed by atoms with Crippen molar-refractivity contribution in [2.45, 2.75) is 0 Å². The number of aliphatic hydroxyl groups is 1. The lowest BCUT2D eigenvalue weighted by Crippen LogP contribution is -2.33. The number of hydrogen-bond donors (Lipinski definition) is 2. The predicted molar refractivity (Wildman–Crippen MR) is 105 cm³/mol. The van der Waals surface area contributed by atoms with E-state index < -0.39 is 7.26 Å². The highest BCUT2D eigenvalue weighted by Gasteiger charge is 2.44. The highest BCUT2D eigenvalue weighted by Crippen LogP contribution is 2.55. The van der Waals surface area contributed by atoms with E-state index in [9.17, 15) is 5.11 Å². The summed E-state index contributed by atoms with van der Waals surface area (Å²) in [6, 6.07) is 30.9. The van der Waals surface area contributed by atoms with Gasteiger partial charge >= 0.3 is 0 Å². The van der Waals surface area contributed by atoms with E-state index in [-0.39, 0.29) is 11.6 Å². The predicted octanol–water partition coefficient (Wildman–Crippen LogP) is 3.34. The van der Waals surface area contributed by atoms with Gasteiger partial charge in [-0.3, -0.25) is 0 Å². The zero-order chi connectivity index (χ0) is 18.4. The van der Waals surface area contributed by atoms with Crippen LogP contribution in [0.1, 0.15) is 0 Å². The smallest absolute Gasteiger partial charge is 0.180 e. The van der Waals surface area contributed by atoms with E-state index in [1.54, 1.807) is 6.08 Å². The van der Waals surface area contributed by atoms with Gasteiger partial charge in [-0.05, 0) is 36.4 Å². The summed E-state index contributed by atoms with van der Waals surface area (Å²) in [5.41, 5.74) is 0.246. The SMILES string of the molecule is [2H]N([2H])/C(O)=C/C[P+](c1ccccc1)(c1ccccc1)c1ccccc1. The quantitative estimate of drug-likeness (QED) is 0.536. The summed E-state index contributed by atoms with van der Waals surface area (Å²) < 4.78 is 14.6. The number of aliphatic hydroxyl groups excluding tert-OH is 1. The summed E-state index contributed by atoms with van der Waals surface area (Å²) in [5, 5.41) is 13.6. The molecule has 0 radical (unpaired) electrons. The third-order valence-corrected chi connectivity index (χ3v) is 8.41. The number of allylic oxidation sites excluding steroid dienone is 1. The first-order valence-electron chi connectivity index (χ1n) is 8.76. The maximum absolute atomic E-state index is 9.96. The molecule has 3 heteroatoms. The first-order chi connectivity index (χ1) is 12.6. The Hall–Kier alpha value is -2.57. The van der Waals surface area contributed by atoms with Gasteiger partial charge in [-0.2, -0.15) is 0 Å². The molecule has 0 heterocycles. The topological polar surface area (TPSA) is 46.2 Å². The van der Waals surface area contributed by atoms with Gasteiger partial charge in [0, 0.05) is 6.08 Å². The van der Waals surface area contributed by atoms with Crippen LogP contribution in [0.2, 0.25) is 2.82 Å². The molecule has 120 valence electrons. The van der Waals surface area contributed by atoms with Crippen LogP contribution >= 0.6 is 7.26 Å². The Morgan fingerprint density at radius 2 is 1.17 bits per heavy atom. The summed E-state index contributed by atoms with van der Waals surface area (Å²) >= 11 is 0. The van der Waals surface area contributed by atoms with Crippen LogP contribution in [0.15, 0.2) is 103 Å². The molecule has 0 bridgehead atoms. The van der Waals surface area contributed by atoms with Crippen LogP contribution in [-0.4, -0.2) is 11.3 Å². The molecule has 0 aliphatic carbocycles. The van der Waals surface area contributed by atoms with E-state index in [4.69, 9.17) is 2.82 Å². The van der Waals surface area contributed by atoms with Crippen molar-refractivity contribution in [2.75, 3.05) is 6.16 Å². The molecule has 0 spiro atoms. The van der Waals surface area contributed by atoms with Gasteiger partial charge in [0.25, 0.3) is 0 Å². The minimum atomic E-state index is -2.08. The summed E-state index contributed by atoms with van der Waals surface area (Å²) in [7, 11) is -2.08. The molecule has 0 aliphatic rings. The molecule has 0 unspecified atom stereocenters. The van der Waals surface area contributed by atoms with Gasteiger partial charge in [-0.15, -0.1) is 0 Å². The second-order valence-electron chi connectivity index (χ2n) is 5.56. The van der Waals surface area contributed by atoms with Crippen molar-refractivity contribution in [2.24, 2.45) is 5.72 Å². The van der Waals surface area contributed by atoms with Gasteiger partial charge < -0.3 is 10.8 Å². The molecular formula is C21H21NOP+. The normalized spacial score (nSPS) is 13.1. The van der Waals surface area contributed by atoms with E-state index in [1.165, 1.54) is 15.9 Å². The van der Waals surface area contributed by atoms with Crippen LogP contribution < -0.4 is 21.6 Å². The van der Waals surface area contributed by atoms with Gasteiger partial charge in [-0.1, -0.05) is 54.6 Å². The van der Waals surface area contributed by atoms with Crippen molar-refractivity contribution in [3.8, 4) is 0 Å². The summed E-state index contributed by atoms with van der Waals surface area (Å²) in [4.78, 5) is 0. The van der Waals surface area contributed by atoms with Gasteiger partial charge in [-0.25, -0.2) is 0 Å². The number of hydrogen-bond acceptors (Lipinski definition) is 2. The molecule has 3 rings (SSSR count). The molecular weight excluding hydrogens is 313 g/mol. The van der Waals surface area contributed by atoms with E-state index in [0.717, 1.165) is 0 Å². The molecule has 0 aliphatic heterocycles. The monoisotopic (exact) mass is 336 g/mol. The molecule has 24 heavy (non-hydrogen) atoms. The minimum Gasteiger partial charge on any atom is -0.495 e. The van der Waals surface area contributed by atoms with Gasteiger partial charge in [0.2, 0.25) is 0 Å². The third kappa shape index (κ3) is 3.20. The Morgan fingerprint density at radius 1 is 0.792 bits per heavy atom. The van der Waals surface area contributed by atoms with Gasteiger partial charge in [0.05, 0.1) is 6.16 Å². The first kappa shape index (κ1) is 13.8. The Bertz CT molecular complexity index is 758. The summed E-state index contributed by atoms with van der Waals surface area (Å²) in [5.74, 6) is -0.364. The molecule has 0 amide bonds. The number of nitrogens with two attached hydrogens (primary N) is 1. The Morgan fingerprint density at radius 3 is 1.50 bits per heavy atom. The summed E-state index contributed by atoms with van der Waals surface area (Å²) in [6.07, 6.45) is 2.12. The van der Waals surface area contributed by atoms with E-state index in [1.807, 2.05) is 54.6 Å². The van der Waals surface area contributed by atoms with Gasteiger partial charge in [0.15, 0.2) is 8.71 Å². The average Bonchev–Trinajstić information content (AvgIpc) is 2.70. The molecule has 3 aromatic rings. The van der Waals surface area contributed by atoms with Crippen molar-refractivity contribution in [1.82, 2.24) is 0 Å². The maximum atomic E-state index is 9.96. The molecule has 0 saturated carbocycles. The van der Waals surface area contributed by atoms with Crippen molar-refractivity contribution >= 4 is 23.2 Å². The Balaban J connectivity index is 2.26. The lowest BCUT2D eigenvalue weighted by molar-refractivity contribution is 0.405. The Kier molecular flexibility index (Phi) is 4.23. The molecule has 3 N–H and O–H groups in total. The van der Waals surface area contributed by atoms with Crippen LogP contribution in [0.5, 0.6) is 0 Å². The van der Waals surface area contributed by atoms with Crippen molar-refractivity contribution in [3.05, 3.63) is 103 Å². The number of rotatable bonds is 6. The largest absolute Gasteiger partial charge is 0.495 e. The standard InChI is InChI=1S/C21H20NOP/c22-21(23)16-17-24(18-10-4-1-5-11-18,19-12-6-2-7-13-19)20-14-8-3-9-15-20/h1-16H,17,22H2/p+1/b21-16-/i/hD2. The lowest BCUT2D eigenvalue weighted by atomic mass is 10.4. The fraction of sp³-hybridized carbons (Fsp3) is 0.0476. The van der Waals surface area contributed by atoms with Crippen LogP contribution in [0.4, 0.5) is 0 Å². The molecule has 3 aromatic carbocycles. The van der Waals surface area contributed by atoms with Crippen molar-refractivity contribution < 1.29 is 7.93 Å². The van der Waals surface area contributed by atoms with Gasteiger partial charge in [0.1, 0.15) is 23.2 Å². The van der Waals surface area contributed by atoms with E-state index in [2.05, 4.69) is 36.4 Å². The minimum absolute atomic E-state index is 0.246. The average molecular weight is 336 g/mol. The lowest BCUT2D eigenvalue weighted by Gasteiger charge is -2.26. The highest BCUT2D eigenvalue weighted by molar-refractivity contribution is 7.95. The maximum Gasteiger partial charge on any atom is 0.180 e. The summed E-state index contributed by atoms with van der Waals surface area (Å²) in [6.45, 7) is 0. The molecule has 0 fully saturated rings. The van der Waals surface area contributed by atoms with E-state index >= 15 is 0 Å². The molecule has 2 nitrogen and oxygen atoms in total. The van der Waals surface area contributed by atoms with Crippen molar-refractivity contribution in [3.63, 3.8) is 0 Å². The van der Waals surface area contributed by atoms with Crippen LogP contribution in [0, 0.1) is 0 Å². The van der Waals surface area contributed by atoms with Crippen molar-refractivity contribution in [1.29, 1.82) is 0 Å². The molecule has 0 atom stereocenters. The van der Waals surface area contributed by atoms with Crippen LogP contribution in [-0.2, 0) is 0 Å². The second kappa shape index (κ2) is 7.33. The molecule has 0 saturated heterocycles. The number of benzene rings is 3. The molecule has 0 aromatic heterocycles. The second-order valence-corrected chi connectivity index (χ2v) is 9.10. The third-order valence-electron chi connectivity index (χ3n) is 4.14. The van der Waals surface area contributed by atoms with Crippen LogP contribution in [0.25, 0.3) is 0 Å². The van der Waals surface area contributed by atoms with E-state index in [0.29, 0.717) is 6.16 Å². The fourth-order valence-corrected chi connectivity index (χ4v) is 7.04. The Labute approximate surface area is 146 Å². The zero-order valence-electron chi connectivity index (χ0n) is 15.3. The van der Waals surface area contributed by atoms with Crippen LogP contribution in [0.3, 0.4) is 0 Å². The fourth-order valence-electron chi connectivity index (χ4n) is 3.03. The highest BCUT2D eigenvalue weighted by atomic mass is 31.2.